The second-order valence-electron chi connectivity index (χ2n) is 4.27. The average Bonchev–Trinajstić information content (AvgIpc) is 2.28. The quantitative estimate of drug-likeness (QED) is 0.820. The topological polar surface area (TPSA) is 49.5 Å². The van der Waals surface area contributed by atoms with Crippen LogP contribution in [0.15, 0.2) is 22.7 Å². The standard InChI is InChI=1S/C12H15BrN2OS/c13-11-6-8(3-4-10(11)12(14)17)15-5-1-2-9(16)7-15/h3-4,6,9,16H,1-2,5,7H2,(H2,14,17). The van der Waals surface area contributed by atoms with Gasteiger partial charge < -0.3 is 15.7 Å². The molecule has 0 bridgehead atoms. The minimum absolute atomic E-state index is 0.224. The Kier molecular flexibility index (Phi) is 4.01. The van der Waals surface area contributed by atoms with Gasteiger partial charge in [-0.2, -0.15) is 0 Å². The van der Waals surface area contributed by atoms with E-state index in [4.69, 9.17) is 18.0 Å². The number of hydrogen-bond donors (Lipinski definition) is 2. The van der Waals surface area contributed by atoms with Crippen molar-refractivity contribution in [3.05, 3.63) is 28.2 Å². The third kappa shape index (κ3) is 2.97. The highest BCUT2D eigenvalue weighted by Crippen LogP contribution is 2.26. The Bertz CT molecular complexity index is 439. The Morgan fingerprint density at radius 2 is 2.29 bits per heavy atom. The van der Waals surface area contributed by atoms with Crippen molar-refractivity contribution >= 4 is 38.8 Å². The summed E-state index contributed by atoms with van der Waals surface area (Å²) in [5.41, 5.74) is 7.55. The monoisotopic (exact) mass is 314 g/mol. The predicted octanol–water partition coefficient (Wildman–Crippen LogP) is 2.04. The third-order valence-electron chi connectivity index (χ3n) is 2.98. The van der Waals surface area contributed by atoms with E-state index >= 15 is 0 Å². The van der Waals surface area contributed by atoms with Crippen LogP contribution in [-0.4, -0.2) is 29.3 Å². The van der Waals surface area contributed by atoms with Gasteiger partial charge in [0.15, 0.2) is 0 Å². The lowest BCUT2D eigenvalue weighted by molar-refractivity contribution is 0.154. The summed E-state index contributed by atoms with van der Waals surface area (Å²) in [6.45, 7) is 1.68. The highest BCUT2D eigenvalue weighted by molar-refractivity contribution is 9.10. The van der Waals surface area contributed by atoms with Crippen molar-refractivity contribution in [3.63, 3.8) is 0 Å². The molecule has 1 heterocycles. The molecule has 1 saturated heterocycles. The fourth-order valence-corrected chi connectivity index (χ4v) is 2.98. The minimum atomic E-state index is -0.224. The molecule has 92 valence electrons. The Morgan fingerprint density at radius 3 is 2.88 bits per heavy atom. The lowest BCUT2D eigenvalue weighted by atomic mass is 10.1. The van der Waals surface area contributed by atoms with Crippen molar-refractivity contribution in [3.8, 4) is 0 Å². The molecule has 0 aromatic heterocycles. The summed E-state index contributed by atoms with van der Waals surface area (Å²) in [4.78, 5) is 2.57. The number of nitrogens with zero attached hydrogens (tertiary/aromatic N) is 1. The van der Waals surface area contributed by atoms with Gasteiger partial charge in [0.25, 0.3) is 0 Å². The molecular formula is C12H15BrN2OS. The van der Waals surface area contributed by atoms with E-state index in [-0.39, 0.29) is 6.10 Å². The number of anilines is 1. The van der Waals surface area contributed by atoms with Gasteiger partial charge in [0.1, 0.15) is 4.99 Å². The first kappa shape index (κ1) is 12.8. The maximum Gasteiger partial charge on any atom is 0.105 e. The SMILES string of the molecule is NC(=S)c1ccc(N2CCCC(O)C2)cc1Br. The lowest BCUT2D eigenvalue weighted by Crippen LogP contribution is -2.38. The van der Waals surface area contributed by atoms with Crippen molar-refractivity contribution in [1.29, 1.82) is 0 Å². The first-order valence-corrected chi connectivity index (χ1v) is 6.80. The van der Waals surface area contributed by atoms with Crippen LogP contribution in [0.25, 0.3) is 0 Å². The number of halogens is 1. The van der Waals surface area contributed by atoms with Crippen LogP contribution in [0.3, 0.4) is 0 Å². The first-order chi connectivity index (χ1) is 8.08. The van der Waals surface area contributed by atoms with Crippen LogP contribution in [0.5, 0.6) is 0 Å². The summed E-state index contributed by atoms with van der Waals surface area (Å²) in [5, 5.41) is 9.66. The molecule has 1 fully saturated rings. The first-order valence-electron chi connectivity index (χ1n) is 5.60. The van der Waals surface area contributed by atoms with E-state index in [0.29, 0.717) is 11.5 Å². The molecule has 1 aromatic carbocycles. The highest BCUT2D eigenvalue weighted by atomic mass is 79.9. The molecule has 5 heteroatoms. The smallest absolute Gasteiger partial charge is 0.105 e. The molecule has 3 nitrogen and oxygen atoms in total. The zero-order valence-corrected chi connectivity index (χ0v) is 11.8. The van der Waals surface area contributed by atoms with Gasteiger partial charge in [0, 0.05) is 28.8 Å². The van der Waals surface area contributed by atoms with E-state index < -0.39 is 0 Å². The number of β-amino-alcohol motifs (C(OH)–C–C–N with tert-alkyl or cyclic N) is 1. The molecule has 2 rings (SSSR count). The van der Waals surface area contributed by atoms with Gasteiger partial charge in [-0.1, -0.05) is 12.2 Å². The molecule has 0 amide bonds. The van der Waals surface area contributed by atoms with Gasteiger partial charge in [-0.3, -0.25) is 0 Å². The maximum absolute atomic E-state index is 9.66. The van der Waals surface area contributed by atoms with Gasteiger partial charge in [-0.15, -0.1) is 0 Å². The number of hydrogen-bond acceptors (Lipinski definition) is 3. The van der Waals surface area contributed by atoms with E-state index in [1.54, 1.807) is 0 Å². The fraction of sp³-hybridized carbons (Fsp3) is 0.417. The number of nitrogens with two attached hydrogens (primary N) is 1. The molecule has 0 spiro atoms. The molecule has 1 aliphatic rings. The van der Waals surface area contributed by atoms with E-state index in [9.17, 15) is 5.11 Å². The van der Waals surface area contributed by atoms with Gasteiger partial charge in [0.2, 0.25) is 0 Å². The number of aliphatic hydroxyl groups is 1. The van der Waals surface area contributed by atoms with Crippen molar-refractivity contribution in [1.82, 2.24) is 0 Å². The van der Waals surface area contributed by atoms with Gasteiger partial charge in [0.05, 0.1) is 6.10 Å². The summed E-state index contributed by atoms with van der Waals surface area (Å²) in [7, 11) is 0. The van der Waals surface area contributed by atoms with Gasteiger partial charge in [-0.05, 0) is 47.0 Å². The summed E-state index contributed by atoms with van der Waals surface area (Å²) in [5.74, 6) is 0. The Hall–Kier alpha value is -0.650. The van der Waals surface area contributed by atoms with E-state index in [2.05, 4.69) is 20.8 Å². The lowest BCUT2D eigenvalue weighted by Gasteiger charge is -2.32. The van der Waals surface area contributed by atoms with Crippen molar-refractivity contribution in [2.24, 2.45) is 5.73 Å². The third-order valence-corrected chi connectivity index (χ3v) is 3.86. The molecule has 0 aliphatic carbocycles. The fourth-order valence-electron chi connectivity index (χ4n) is 2.09. The Balaban J connectivity index is 2.22. The van der Waals surface area contributed by atoms with Crippen LogP contribution < -0.4 is 10.6 Å². The van der Waals surface area contributed by atoms with Crippen LogP contribution in [0.2, 0.25) is 0 Å². The number of aliphatic hydroxyl groups excluding tert-OH is 1. The largest absolute Gasteiger partial charge is 0.391 e. The minimum Gasteiger partial charge on any atom is -0.391 e. The predicted molar refractivity (Wildman–Crippen MR) is 77.5 cm³/mol. The van der Waals surface area contributed by atoms with Crippen LogP contribution in [0.4, 0.5) is 5.69 Å². The molecule has 3 N–H and O–H groups in total. The van der Waals surface area contributed by atoms with Crippen LogP contribution >= 0.6 is 28.1 Å². The van der Waals surface area contributed by atoms with E-state index in [1.165, 1.54) is 0 Å². The van der Waals surface area contributed by atoms with Gasteiger partial charge in [-0.25, -0.2) is 0 Å². The zero-order valence-electron chi connectivity index (χ0n) is 9.40. The normalized spacial score (nSPS) is 20.4. The van der Waals surface area contributed by atoms with Crippen LogP contribution in [-0.2, 0) is 0 Å². The number of piperidine rings is 1. The number of thiocarbonyl (C=S) groups is 1. The highest BCUT2D eigenvalue weighted by Gasteiger charge is 2.18. The molecule has 0 saturated carbocycles. The van der Waals surface area contributed by atoms with Crippen LogP contribution in [0.1, 0.15) is 18.4 Å². The molecule has 1 aromatic rings. The van der Waals surface area contributed by atoms with Gasteiger partial charge >= 0.3 is 0 Å². The van der Waals surface area contributed by atoms with E-state index in [0.717, 1.165) is 35.1 Å². The Labute approximate surface area is 115 Å². The molecule has 17 heavy (non-hydrogen) atoms. The summed E-state index contributed by atoms with van der Waals surface area (Å²) in [6.07, 6.45) is 1.69. The summed E-state index contributed by atoms with van der Waals surface area (Å²) in [6, 6.07) is 5.92. The zero-order chi connectivity index (χ0) is 12.4. The number of rotatable bonds is 2. The molecule has 1 aliphatic heterocycles. The van der Waals surface area contributed by atoms with E-state index in [1.807, 2.05) is 18.2 Å². The molecule has 1 unspecified atom stereocenters. The maximum atomic E-state index is 9.66. The second-order valence-corrected chi connectivity index (χ2v) is 5.56. The Morgan fingerprint density at radius 1 is 1.53 bits per heavy atom. The second kappa shape index (κ2) is 5.33. The summed E-state index contributed by atoms with van der Waals surface area (Å²) < 4.78 is 0.905. The van der Waals surface area contributed by atoms with Crippen molar-refractivity contribution in [2.45, 2.75) is 18.9 Å². The van der Waals surface area contributed by atoms with Crippen molar-refractivity contribution < 1.29 is 5.11 Å². The molecule has 0 radical (unpaired) electrons. The average molecular weight is 315 g/mol. The number of benzene rings is 1. The summed E-state index contributed by atoms with van der Waals surface area (Å²) >= 11 is 8.43. The van der Waals surface area contributed by atoms with Crippen molar-refractivity contribution in [2.75, 3.05) is 18.0 Å². The molecule has 1 atom stereocenters. The van der Waals surface area contributed by atoms with Crippen LogP contribution in [0, 0.1) is 0 Å². The molecular weight excluding hydrogens is 300 g/mol.